The van der Waals surface area contributed by atoms with Crippen LogP contribution in [0.15, 0.2) is 77.8 Å². The number of nitrogens with zero attached hydrogens (tertiary/aromatic N) is 2. The lowest BCUT2D eigenvalue weighted by Gasteiger charge is -2.22. The Morgan fingerprint density at radius 2 is 1.74 bits per heavy atom. The second kappa shape index (κ2) is 12.1. The molecule has 1 aromatic heterocycles. The molecule has 0 aliphatic rings. The van der Waals surface area contributed by atoms with Crippen molar-refractivity contribution in [2.24, 2.45) is 4.99 Å². The van der Waals surface area contributed by atoms with Crippen LogP contribution in [0, 0.1) is 0 Å². The second-order valence-electron chi connectivity index (χ2n) is 8.86. The minimum absolute atomic E-state index is 0.0862. The number of carbonyl (C=O) groups is 1. The molecule has 0 fully saturated rings. The van der Waals surface area contributed by atoms with Crippen LogP contribution in [0.25, 0.3) is 10.9 Å². The molecule has 3 aromatic carbocycles. The molecule has 0 atom stereocenters. The van der Waals surface area contributed by atoms with Gasteiger partial charge in [0.05, 0.1) is 41.1 Å². The van der Waals surface area contributed by atoms with Crippen LogP contribution in [0.3, 0.4) is 0 Å². The highest BCUT2D eigenvalue weighted by Gasteiger charge is 2.21. The Hall–Kier alpha value is -4.15. The lowest BCUT2D eigenvalue weighted by molar-refractivity contribution is 0.0526. The summed E-state index contributed by atoms with van der Waals surface area (Å²) < 4.78 is 31.3. The summed E-state index contributed by atoms with van der Waals surface area (Å²) in [6, 6.07) is 21.4. The molecule has 3 N–H and O–H groups in total. The van der Waals surface area contributed by atoms with Gasteiger partial charge in [-0.3, -0.25) is 4.31 Å². The largest absolute Gasteiger partial charge is 0.494 e. The number of sulfonamides is 1. The first-order valence-electron chi connectivity index (χ1n) is 12.7. The highest BCUT2D eigenvalue weighted by Crippen LogP contribution is 2.32. The van der Waals surface area contributed by atoms with E-state index in [0.29, 0.717) is 52.2 Å². The molecule has 10 heteroatoms. The monoisotopic (exact) mass is 548 g/mol. The van der Waals surface area contributed by atoms with E-state index in [1.165, 1.54) is 10.6 Å². The summed E-state index contributed by atoms with van der Waals surface area (Å²) in [5.41, 5.74) is 3.83. The number of benzene rings is 3. The molecule has 4 rings (SSSR count). The molecule has 0 radical (unpaired) electrons. The van der Waals surface area contributed by atoms with Crippen molar-refractivity contribution in [3.05, 3.63) is 89.5 Å². The second-order valence-corrected chi connectivity index (χ2v) is 10.8. The molecule has 39 heavy (non-hydrogen) atoms. The van der Waals surface area contributed by atoms with Gasteiger partial charge in [-0.05, 0) is 49.9 Å². The molecule has 9 nitrogen and oxygen atoms in total. The van der Waals surface area contributed by atoms with Crippen LogP contribution in [0.2, 0.25) is 0 Å². The number of anilines is 1. The van der Waals surface area contributed by atoms with Crippen LogP contribution in [0.4, 0.5) is 11.4 Å². The van der Waals surface area contributed by atoms with Gasteiger partial charge in [-0.15, -0.1) is 0 Å². The first-order chi connectivity index (χ1) is 18.7. The van der Waals surface area contributed by atoms with Gasteiger partial charge in [-0.2, -0.15) is 0 Å². The molecule has 0 spiro atoms. The molecule has 0 aliphatic heterocycles. The number of ether oxygens (including phenoxy) is 1. The van der Waals surface area contributed by atoms with Gasteiger partial charge in [-0.1, -0.05) is 43.3 Å². The van der Waals surface area contributed by atoms with Gasteiger partial charge >= 0.3 is 5.97 Å². The number of likely N-dealkylation sites (N-methyl/N-ethyl adjacent to an activating group) is 1. The van der Waals surface area contributed by atoms with E-state index >= 15 is 0 Å². The van der Waals surface area contributed by atoms with E-state index in [1.54, 1.807) is 49.4 Å². The van der Waals surface area contributed by atoms with Crippen LogP contribution < -0.4 is 9.62 Å². The Kier molecular flexibility index (Phi) is 8.68. The van der Waals surface area contributed by atoms with Crippen molar-refractivity contribution in [2.45, 2.75) is 13.8 Å². The van der Waals surface area contributed by atoms with E-state index in [1.807, 2.05) is 37.3 Å². The van der Waals surface area contributed by atoms with E-state index in [4.69, 9.17) is 9.73 Å². The minimum atomic E-state index is -3.47. The molecule has 0 amide bonds. The molecular formula is C29H32N4O5S. The predicted octanol–water partition coefficient (Wildman–Crippen LogP) is 4.59. The molecule has 0 saturated carbocycles. The number of carbonyl (C=O) groups excluding carboxylic acids is 1. The number of hydrogen-bond donors (Lipinski definition) is 3. The normalized spacial score (nSPS) is 12.0. The molecule has 4 aromatic rings. The van der Waals surface area contributed by atoms with E-state index in [-0.39, 0.29) is 12.5 Å². The van der Waals surface area contributed by atoms with Crippen molar-refractivity contribution in [3.8, 4) is 5.88 Å². The Bertz CT molecular complexity index is 1580. The summed E-state index contributed by atoms with van der Waals surface area (Å²) in [6.07, 6.45) is 1.19. The fraction of sp³-hybridized carbons (Fsp3) is 0.241. The average Bonchev–Trinajstić information content (AvgIpc) is 3.25. The summed E-state index contributed by atoms with van der Waals surface area (Å²) >= 11 is 0. The van der Waals surface area contributed by atoms with Gasteiger partial charge in [0.2, 0.25) is 10.0 Å². The van der Waals surface area contributed by atoms with Crippen molar-refractivity contribution in [1.29, 1.82) is 0 Å². The fourth-order valence-corrected chi connectivity index (χ4v) is 5.22. The number of H-pyrrole nitrogens is 1. The number of aliphatic imine (C=N–C) groups is 1. The minimum Gasteiger partial charge on any atom is -0.494 e. The van der Waals surface area contributed by atoms with Gasteiger partial charge in [-0.25, -0.2) is 18.2 Å². The van der Waals surface area contributed by atoms with Crippen LogP contribution in [-0.2, 0) is 14.8 Å². The molecular weight excluding hydrogens is 516 g/mol. The summed E-state index contributed by atoms with van der Waals surface area (Å²) in [6.45, 7) is 5.55. The third-order valence-electron chi connectivity index (χ3n) is 6.09. The Morgan fingerprint density at radius 3 is 2.38 bits per heavy atom. The van der Waals surface area contributed by atoms with E-state index in [0.717, 1.165) is 12.1 Å². The van der Waals surface area contributed by atoms with E-state index in [2.05, 4.69) is 10.3 Å². The maximum absolute atomic E-state index is 12.4. The SMILES string of the molecule is CCNCCN(c1ccc(N=C(c2ccccc2)c2c(O)[nH]c3cc(C(=O)OCC)ccc23)cc1)S(C)(=O)=O. The third-order valence-corrected chi connectivity index (χ3v) is 7.29. The lowest BCUT2D eigenvalue weighted by Crippen LogP contribution is -2.36. The Balaban J connectivity index is 1.77. The zero-order valence-electron chi connectivity index (χ0n) is 22.1. The standard InChI is InChI=1S/C29H32N4O5S/c1-4-30-17-18-33(39(3,36)37)23-14-12-22(13-15-23)31-27(20-9-7-6-8-10-20)26-24-16-11-21(29(35)38-5-2)19-25(24)32-28(26)34/h6-16,19,30,32,34H,4-5,17-18H2,1-3H3. The zero-order chi connectivity index (χ0) is 28.0. The van der Waals surface area contributed by atoms with Crippen molar-refractivity contribution in [2.75, 3.05) is 36.8 Å². The van der Waals surface area contributed by atoms with Gasteiger partial charge < -0.3 is 20.1 Å². The topological polar surface area (TPSA) is 124 Å². The van der Waals surface area contributed by atoms with E-state index < -0.39 is 16.0 Å². The summed E-state index contributed by atoms with van der Waals surface area (Å²) in [7, 11) is -3.47. The summed E-state index contributed by atoms with van der Waals surface area (Å²) in [5, 5.41) is 14.8. The third kappa shape index (κ3) is 6.47. The smallest absolute Gasteiger partial charge is 0.338 e. The fourth-order valence-electron chi connectivity index (χ4n) is 4.29. The van der Waals surface area contributed by atoms with Gasteiger partial charge in [0.25, 0.3) is 0 Å². The van der Waals surface area contributed by atoms with Crippen molar-refractivity contribution in [3.63, 3.8) is 0 Å². The number of esters is 1. The van der Waals surface area contributed by atoms with Crippen LogP contribution >= 0.6 is 0 Å². The number of fused-ring (bicyclic) bond motifs is 1. The van der Waals surface area contributed by atoms with Gasteiger partial charge in [0.15, 0.2) is 5.88 Å². The quantitative estimate of drug-likeness (QED) is 0.143. The van der Waals surface area contributed by atoms with Gasteiger partial charge in [0.1, 0.15) is 0 Å². The van der Waals surface area contributed by atoms with Crippen LogP contribution in [-0.4, -0.2) is 62.7 Å². The maximum Gasteiger partial charge on any atom is 0.338 e. The first-order valence-corrected chi connectivity index (χ1v) is 14.5. The molecule has 0 bridgehead atoms. The summed E-state index contributed by atoms with van der Waals surface area (Å²) in [4.78, 5) is 20.0. The Morgan fingerprint density at radius 1 is 1.03 bits per heavy atom. The number of aromatic nitrogens is 1. The lowest BCUT2D eigenvalue weighted by atomic mass is 10.00. The van der Waals surface area contributed by atoms with Gasteiger partial charge in [0, 0.05) is 29.6 Å². The zero-order valence-corrected chi connectivity index (χ0v) is 23.0. The van der Waals surface area contributed by atoms with Crippen LogP contribution in [0.5, 0.6) is 5.88 Å². The van der Waals surface area contributed by atoms with Crippen molar-refractivity contribution < 1.29 is 23.1 Å². The molecule has 1 heterocycles. The number of aromatic amines is 1. The van der Waals surface area contributed by atoms with E-state index in [9.17, 15) is 18.3 Å². The number of hydrogen-bond acceptors (Lipinski definition) is 7. The van der Waals surface area contributed by atoms with Crippen LogP contribution in [0.1, 0.15) is 35.3 Å². The number of nitrogens with one attached hydrogen (secondary N) is 2. The molecule has 0 unspecified atom stereocenters. The van der Waals surface area contributed by atoms with Crippen molar-refractivity contribution in [1.82, 2.24) is 10.3 Å². The highest BCUT2D eigenvalue weighted by atomic mass is 32.2. The van der Waals surface area contributed by atoms with Crippen molar-refractivity contribution >= 4 is 44.0 Å². The first kappa shape index (κ1) is 27.9. The Labute approximate surface area is 228 Å². The predicted molar refractivity (Wildman–Crippen MR) is 155 cm³/mol. The molecule has 204 valence electrons. The molecule has 0 saturated heterocycles. The average molecular weight is 549 g/mol. The highest BCUT2D eigenvalue weighted by molar-refractivity contribution is 7.92. The maximum atomic E-state index is 12.4. The molecule has 0 aliphatic carbocycles. The number of aromatic hydroxyl groups is 1. The number of rotatable bonds is 11. The summed E-state index contributed by atoms with van der Waals surface area (Å²) in [5.74, 6) is -0.530.